The van der Waals surface area contributed by atoms with Gasteiger partial charge in [-0.05, 0) is 25.5 Å². The number of benzene rings is 1. The predicted octanol–water partition coefficient (Wildman–Crippen LogP) is 3.20. The molecule has 1 aliphatic heterocycles. The zero-order valence-corrected chi connectivity index (χ0v) is 11.1. The van der Waals surface area contributed by atoms with Crippen LogP contribution in [-0.2, 0) is 4.79 Å². The van der Waals surface area contributed by atoms with Crippen molar-refractivity contribution in [1.29, 1.82) is 0 Å². The summed E-state index contributed by atoms with van der Waals surface area (Å²) in [4.78, 5) is 11.9. The maximum absolute atomic E-state index is 13.8. The molecule has 1 amide bonds. The van der Waals surface area contributed by atoms with Crippen LogP contribution in [0, 0.1) is 0 Å². The molecule has 0 fully saturated rings. The van der Waals surface area contributed by atoms with Crippen LogP contribution in [0.5, 0.6) is 0 Å². The van der Waals surface area contributed by atoms with Crippen LogP contribution < -0.4 is 10.4 Å². The molecule has 2 rings (SSSR count). The summed E-state index contributed by atoms with van der Waals surface area (Å²) in [6.07, 6.45) is 4.57. The molecule has 1 aliphatic rings. The van der Waals surface area contributed by atoms with Gasteiger partial charge in [0.2, 0.25) is 0 Å². The second kappa shape index (κ2) is 5.69. The number of carbonyl (C=O) groups is 1. The minimum absolute atomic E-state index is 0.203. The summed E-state index contributed by atoms with van der Waals surface area (Å²) in [5.74, 6) is -0.612. The Bertz CT molecular complexity index is 549. The van der Waals surface area contributed by atoms with E-state index >= 15 is 0 Å². The molecule has 0 spiro atoms. The van der Waals surface area contributed by atoms with E-state index in [1.54, 1.807) is 30.3 Å². The van der Waals surface area contributed by atoms with Gasteiger partial charge in [-0.2, -0.15) is 0 Å². The molecular weight excluding hydrogens is 243 g/mol. The highest BCUT2D eigenvalue weighted by molar-refractivity contribution is 6.31. The smallest absolute Gasteiger partial charge is 0.287 e. The third-order valence-corrected chi connectivity index (χ3v) is 3.00. The summed E-state index contributed by atoms with van der Waals surface area (Å²) in [6, 6.07) is 6.87. The first kappa shape index (κ1) is 13.3. The Morgan fingerprint density at radius 2 is 2.16 bits per heavy atom. The van der Waals surface area contributed by atoms with Crippen molar-refractivity contribution in [3.63, 3.8) is 0 Å². The topological polar surface area (TPSA) is 32.3 Å². The Morgan fingerprint density at radius 1 is 1.42 bits per heavy atom. The zero-order chi connectivity index (χ0) is 13.8. The number of hydrogen-bond donors (Lipinski definition) is 1. The quantitative estimate of drug-likeness (QED) is 0.666. The lowest BCUT2D eigenvalue weighted by Gasteiger charge is -2.06. The molecule has 1 aromatic rings. The van der Waals surface area contributed by atoms with E-state index in [9.17, 15) is 9.28 Å². The Kier molecular flexibility index (Phi) is 4.00. The number of allylic oxidation sites excluding steroid dienone is 2. The normalized spacial score (nSPS) is 17.0. The summed E-state index contributed by atoms with van der Waals surface area (Å²) in [7, 11) is 0. The number of halogens is 1. The van der Waals surface area contributed by atoms with E-state index in [0.29, 0.717) is 16.8 Å². The lowest BCUT2D eigenvalue weighted by molar-refractivity contribution is -0.115. The maximum Gasteiger partial charge on any atom is 0.287 e. The lowest BCUT2D eigenvalue weighted by Crippen LogP contribution is -2.17. The molecule has 0 unspecified atom stereocenters. The number of carbonyl (C=O) groups excluding carboxylic acids is 1. The summed E-state index contributed by atoms with van der Waals surface area (Å²) in [5.41, 5.74) is 2.16. The average molecular weight is 260 g/mol. The largest absolute Gasteiger partial charge is 0.385 e. The van der Waals surface area contributed by atoms with E-state index in [2.05, 4.69) is 12.2 Å². The Morgan fingerprint density at radius 3 is 2.84 bits per heavy atom. The molecule has 0 bridgehead atoms. The summed E-state index contributed by atoms with van der Waals surface area (Å²) < 4.78 is 13.8. The molecule has 0 atom stereocenters. The van der Waals surface area contributed by atoms with E-state index < -0.39 is 5.91 Å². The SMILES string of the molecule is C/C=C(/C=C1\C(=O)N(F)c2ccccc21)NCCC. The Labute approximate surface area is 112 Å². The molecule has 1 heterocycles. The van der Waals surface area contributed by atoms with Gasteiger partial charge in [0, 0.05) is 17.8 Å². The van der Waals surface area contributed by atoms with Crippen molar-refractivity contribution in [3.05, 3.63) is 47.7 Å². The van der Waals surface area contributed by atoms with Crippen LogP contribution in [0.25, 0.3) is 5.57 Å². The van der Waals surface area contributed by atoms with Gasteiger partial charge in [0.1, 0.15) is 0 Å². The molecule has 1 N–H and O–H groups in total. The van der Waals surface area contributed by atoms with Crippen LogP contribution in [-0.4, -0.2) is 12.5 Å². The van der Waals surface area contributed by atoms with Crippen LogP contribution in [0.3, 0.4) is 0 Å². The van der Waals surface area contributed by atoms with Crippen molar-refractivity contribution >= 4 is 17.2 Å². The standard InChI is InChI=1S/C15H17FN2O/c1-3-9-17-11(4-2)10-13-12-7-5-6-8-14(12)18(16)15(13)19/h4-8,10,17H,3,9H2,1-2H3/b11-4-,13-10-. The highest BCUT2D eigenvalue weighted by atomic mass is 19.2. The van der Waals surface area contributed by atoms with Crippen molar-refractivity contribution in [2.45, 2.75) is 20.3 Å². The number of fused-ring (bicyclic) bond motifs is 1. The van der Waals surface area contributed by atoms with Gasteiger partial charge in [-0.3, -0.25) is 4.79 Å². The summed E-state index contributed by atoms with van der Waals surface area (Å²) in [5, 5.41) is 3.41. The van der Waals surface area contributed by atoms with Crippen molar-refractivity contribution in [2.24, 2.45) is 0 Å². The molecule has 19 heavy (non-hydrogen) atoms. The predicted molar refractivity (Wildman–Crippen MR) is 75.1 cm³/mol. The number of nitrogens with zero attached hydrogens (tertiary/aromatic N) is 1. The molecule has 4 heteroatoms. The molecular formula is C15H17FN2O. The first-order valence-corrected chi connectivity index (χ1v) is 6.40. The van der Waals surface area contributed by atoms with Gasteiger partial charge in [0.05, 0.1) is 11.3 Å². The van der Waals surface area contributed by atoms with Gasteiger partial charge < -0.3 is 5.32 Å². The Balaban J connectivity index is 2.37. The zero-order valence-electron chi connectivity index (χ0n) is 11.1. The number of amides is 1. The fourth-order valence-electron chi connectivity index (χ4n) is 2.00. The van der Waals surface area contributed by atoms with Gasteiger partial charge >= 0.3 is 0 Å². The second-order valence-corrected chi connectivity index (χ2v) is 4.33. The van der Waals surface area contributed by atoms with Crippen molar-refractivity contribution in [1.82, 2.24) is 5.32 Å². The molecule has 0 saturated carbocycles. The van der Waals surface area contributed by atoms with Gasteiger partial charge in [-0.1, -0.05) is 35.7 Å². The number of rotatable bonds is 4. The third-order valence-electron chi connectivity index (χ3n) is 3.00. The molecule has 0 aromatic heterocycles. The number of nitrogens with one attached hydrogen (secondary N) is 1. The van der Waals surface area contributed by atoms with E-state index in [1.807, 2.05) is 13.0 Å². The minimum atomic E-state index is -0.612. The molecule has 0 saturated heterocycles. The van der Waals surface area contributed by atoms with Crippen molar-refractivity contribution in [3.8, 4) is 0 Å². The minimum Gasteiger partial charge on any atom is -0.385 e. The molecule has 0 aliphatic carbocycles. The van der Waals surface area contributed by atoms with Gasteiger partial charge in [0.25, 0.3) is 5.91 Å². The fraction of sp³-hybridized carbons (Fsp3) is 0.267. The highest BCUT2D eigenvalue weighted by Gasteiger charge is 2.32. The third kappa shape index (κ3) is 2.52. The first-order valence-electron chi connectivity index (χ1n) is 6.40. The molecule has 1 aromatic carbocycles. The van der Waals surface area contributed by atoms with Crippen LogP contribution in [0.2, 0.25) is 0 Å². The van der Waals surface area contributed by atoms with E-state index in [1.165, 1.54) is 0 Å². The van der Waals surface area contributed by atoms with Crippen LogP contribution in [0.1, 0.15) is 25.8 Å². The summed E-state index contributed by atoms with van der Waals surface area (Å²) in [6.45, 7) is 4.76. The molecule has 3 nitrogen and oxygen atoms in total. The maximum atomic E-state index is 13.8. The summed E-state index contributed by atoms with van der Waals surface area (Å²) >= 11 is 0. The van der Waals surface area contributed by atoms with Gasteiger partial charge in [0.15, 0.2) is 0 Å². The highest BCUT2D eigenvalue weighted by Crippen LogP contribution is 2.37. The lowest BCUT2D eigenvalue weighted by atomic mass is 10.1. The Hall–Kier alpha value is -2.10. The first-order chi connectivity index (χ1) is 9.19. The molecule has 100 valence electrons. The van der Waals surface area contributed by atoms with E-state index in [-0.39, 0.29) is 5.12 Å². The van der Waals surface area contributed by atoms with Crippen LogP contribution >= 0.6 is 0 Å². The van der Waals surface area contributed by atoms with Gasteiger partial charge in [-0.25, -0.2) is 0 Å². The number of anilines is 1. The second-order valence-electron chi connectivity index (χ2n) is 4.33. The van der Waals surface area contributed by atoms with E-state index in [0.717, 1.165) is 18.7 Å². The monoisotopic (exact) mass is 260 g/mol. The average Bonchev–Trinajstić information content (AvgIpc) is 2.68. The van der Waals surface area contributed by atoms with Crippen LogP contribution in [0.4, 0.5) is 10.2 Å². The van der Waals surface area contributed by atoms with Crippen LogP contribution in [0.15, 0.2) is 42.1 Å². The number of hydrogen-bond acceptors (Lipinski definition) is 2. The molecule has 0 radical (unpaired) electrons. The van der Waals surface area contributed by atoms with E-state index in [4.69, 9.17) is 0 Å². The van der Waals surface area contributed by atoms with Crippen molar-refractivity contribution in [2.75, 3.05) is 11.7 Å². The van der Waals surface area contributed by atoms with Gasteiger partial charge in [-0.15, -0.1) is 5.12 Å². The van der Waals surface area contributed by atoms with Crippen molar-refractivity contribution < 1.29 is 9.28 Å². The number of para-hydroxylation sites is 1. The fourth-order valence-corrected chi connectivity index (χ4v) is 2.00.